The zero-order chi connectivity index (χ0) is 23.9. The van der Waals surface area contributed by atoms with Crippen LogP contribution in [0, 0.1) is 18.3 Å². The third kappa shape index (κ3) is 5.77. The van der Waals surface area contributed by atoms with Crippen molar-refractivity contribution < 1.29 is 9.53 Å². The number of hydrogen-bond donors (Lipinski definition) is 1. The van der Waals surface area contributed by atoms with Crippen molar-refractivity contribution >= 4 is 34.6 Å². The van der Waals surface area contributed by atoms with Crippen LogP contribution in [0.4, 0.5) is 5.69 Å². The van der Waals surface area contributed by atoms with Crippen molar-refractivity contribution in [2.24, 2.45) is 0 Å². The van der Waals surface area contributed by atoms with Crippen LogP contribution in [0.25, 0.3) is 0 Å². The first-order valence-corrected chi connectivity index (χ1v) is 13.2. The molecule has 2 heterocycles. The number of ether oxygens (including phenoxy) is 1. The number of nitriles is 1. The number of rotatable bonds is 10. The fourth-order valence-corrected chi connectivity index (χ4v) is 5.93. The molecule has 1 aliphatic carbocycles. The average Bonchev–Trinajstić information content (AvgIpc) is 3.48. The summed E-state index contributed by atoms with van der Waals surface area (Å²) in [5.74, 6) is 0.793. The number of nitrogens with zero attached hydrogens (tertiary/aromatic N) is 5. The van der Waals surface area contributed by atoms with Crippen molar-refractivity contribution in [3.05, 3.63) is 46.2 Å². The van der Waals surface area contributed by atoms with E-state index in [2.05, 4.69) is 31.1 Å². The summed E-state index contributed by atoms with van der Waals surface area (Å²) in [6, 6.07) is 10.2. The molecule has 0 radical (unpaired) electrons. The zero-order valence-corrected chi connectivity index (χ0v) is 21.0. The molecule has 1 N–H and O–H groups in total. The number of methoxy groups -OCH3 is 1. The van der Waals surface area contributed by atoms with E-state index in [1.54, 1.807) is 7.11 Å². The molecule has 0 unspecified atom stereocenters. The van der Waals surface area contributed by atoms with Crippen LogP contribution in [0.5, 0.6) is 5.75 Å². The highest BCUT2D eigenvalue weighted by molar-refractivity contribution is 7.99. The Balaban J connectivity index is 1.49. The lowest BCUT2D eigenvalue weighted by molar-refractivity contribution is -0.116. The normalized spacial score (nSPS) is 15.0. The Kier molecular flexibility index (Phi) is 8.19. The van der Waals surface area contributed by atoms with E-state index in [1.807, 2.05) is 36.6 Å². The lowest BCUT2D eigenvalue weighted by Gasteiger charge is -2.25. The number of carbonyl (C=O) groups is 1. The second kappa shape index (κ2) is 11.5. The number of hydrogen-bond acceptors (Lipinski definition) is 9. The smallest absolute Gasteiger partial charge is 0.191 e. The summed E-state index contributed by atoms with van der Waals surface area (Å²) < 4.78 is 7.50. The Bertz CT molecular complexity index is 1160. The summed E-state index contributed by atoms with van der Waals surface area (Å²) in [7, 11) is 1.65. The Morgan fingerprint density at radius 2 is 2.18 bits per heavy atom. The molecule has 0 bridgehead atoms. The minimum atomic E-state index is -0.841. The molecule has 8 nitrogen and oxygen atoms in total. The van der Waals surface area contributed by atoms with Crippen molar-refractivity contribution in [1.82, 2.24) is 19.7 Å². The van der Waals surface area contributed by atoms with Gasteiger partial charge in [-0.1, -0.05) is 37.1 Å². The highest BCUT2D eigenvalue weighted by atomic mass is 32.2. The quantitative estimate of drug-likeness (QED) is 0.385. The van der Waals surface area contributed by atoms with Crippen molar-refractivity contribution in [2.75, 3.05) is 18.2 Å². The first-order valence-electron chi connectivity index (χ1n) is 11.4. The molecule has 2 aromatic heterocycles. The molecule has 3 aromatic rings. The molecule has 1 aromatic carbocycles. The van der Waals surface area contributed by atoms with Gasteiger partial charge >= 0.3 is 0 Å². The van der Waals surface area contributed by atoms with Crippen molar-refractivity contribution in [3.8, 4) is 11.8 Å². The number of benzene rings is 1. The van der Waals surface area contributed by atoms with Gasteiger partial charge in [0, 0.05) is 28.9 Å². The van der Waals surface area contributed by atoms with Crippen LogP contribution in [0.15, 0.2) is 34.8 Å². The zero-order valence-electron chi connectivity index (χ0n) is 19.4. The Labute approximate surface area is 207 Å². The monoisotopic (exact) mass is 496 g/mol. The van der Waals surface area contributed by atoms with E-state index in [0.29, 0.717) is 17.6 Å². The largest absolute Gasteiger partial charge is 0.497 e. The van der Waals surface area contributed by atoms with Crippen LogP contribution in [0.3, 0.4) is 0 Å². The number of thiazole rings is 1. The first kappa shape index (κ1) is 24.2. The van der Waals surface area contributed by atoms with E-state index >= 15 is 0 Å². The molecule has 0 amide bonds. The van der Waals surface area contributed by atoms with E-state index in [1.165, 1.54) is 42.4 Å². The van der Waals surface area contributed by atoms with Gasteiger partial charge in [0.1, 0.15) is 10.8 Å². The minimum Gasteiger partial charge on any atom is -0.497 e. The van der Waals surface area contributed by atoms with E-state index in [0.717, 1.165) is 41.0 Å². The van der Waals surface area contributed by atoms with Crippen LogP contribution < -0.4 is 10.1 Å². The summed E-state index contributed by atoms with van der Waals surface area (Å²) in [5.41, 5.74) is 1.77. The number of ketones is 1. The fourth-order valence-electron chi connectivity index (χ4n) is 4.14. The number of thioether (sulfide) groups is 1. The van der Waals surface area contributed by atoms with Crippen molar-refractivity contribution in [3.63, 3.8) is 0 Å². The van der Waals surface area contributed by atoms with Crippen LogP contribution in [-0.4, -0.2) is 38.4 Å². The molecule has 0 saturated heterocycles. The molecule has 1 saturated carbocycles. The van der Waals surface area contributed by atoms with E-state index < -0.39 is 5.92 Å². The van der Waals surface area contributed by atoms with Crippen LogP contribution in [0.1, 0.15) is 60.6 Å². The fraction of sp³-hybridized carbons (Fsp3) is 0.458. The molecule has 0 spiro atoms. The van der Waals surface area contributed by atoms with Gasteiger partial charge in [-0.3, -0.25) is 4.79 Å². The SMILES string of the molecule is COc1cccc(NCc2nnc(SCC(=O)[C@@H](C#N)c3nc(C)cs3)n2C2CCCCC2)c1. The average molecular weight is 497 g/mol. The molecule has 1 aliphatic rings. The second-order valence-electron chi connectivity index (χ2n) is 8.29. The van der Waals surface area contributed by atoms with Gasteiger partial charge in [0.15, 0.2) is 22.7 Å². The molecule has 10 heteroatoms. The van der Waals surface area contributed by atoms with Crippen LogP contribution >= 0.6 is 23.1 Å². The van der Waals surface area contributed by atoms with E-state index in [9.17, 15) is 10.1 Å². The summed E-state index contributed by atoms with van der Waals surface area (Å²) in [6.07, 6.45) is 5.74. The van der Waals surface area contributed by atoms with Gasteiger partial charge in [-0.25, -0.2) is 4.98 Å². The molecular formula is C24H28N6O2S2. The number of aromatic nitrogens is 4. The summed E-state index contributed by atoms with van der Waals surface area (Å²) in [5, 5.41) is 25.0. The lowest BCUT2D eigenvalue weighted by Crippen LogP contribution is -2.19. The maximum absolute atomic E-state index is 12.9. The topological polar surface area (TPSA) is 106 Å². The lowest BCUT2D eigenvalue weighted by atomic mass is 9.95. The van der Waals surface area contributed by atoms with Gasteiger partial charge in [0.05, 0.1) is 25.5 Å². The standard InChI is InChI=1S/C24H28N6O2S2/c1-16-14-33-23(27-16)20(12-25)21(31)15-34-24-29-28-22(30(24)18-8-4-3-5-9-18)13-26-17-7-6-10-19(11-17)32-2/h6-7,10-11,14,18,20,26H,3-5,8-9,13,15H2,1-2H3/t20-/m1/s1. The number of Topliss-reactive ketones (excluding diaryl/α,β-unsaturated/α-hetero) is 1. The van der Waals surface area contributed by atoms with Gasteiger partial charge in [0.2, 0.25) is 0 Å². The number of anilines is 1. The number of aryl methyl sites for hydroxylation is 1. The molecule has 178 valence electrons. The Morgan fingerprint density at radius 1 is 1.35 bits per heavy atom. The molecule has 0 aliphatic heterocycles. The summed E-state index contributed by atoms with van der Waals surface area (Å²) >= 11 is 2.72. The van der Waals surface area contributed by atoms with Gasteiger partial charge < -0.3 is 14.6 Å². The minimum absolute atomic E-state index is 0.156. The summed E-state index contributed by atoms with van der Waals surface area (Å²) in [6.45, 7) is 2.38. The van der Waals surface area contributed by atoms with Crippen molar-refractivity contribution in [1.29, 1.82) is 5.26 Å². The molecule has 1 fully saturated rings. The Hall–Kier alpha value is -2.90. The predicted molar refractivity (Wildman–Crippen MR) is 133 cm³/mol. The van der Waals surface area contributed by atoms with E-state index in [4.69, 9.17) is 4.74 Å². The number of nitrogens with one attached hydrogen (secondary N) is 1. The third-order valence-electron chi connectivity index (χ3n) is 5.87. The van der Waals surface area contributed by atoms with Gasteiger partial charge in [-0.2, -0.15) is 5.26 Å². The van der Waals surface area contributed by atoms with Gasteiger partial charge in [0.25, 0.3) is 0 Å². The Morgan fingerprint density at radius 3 is 2.88 bits per heavy atom. The van der Waals surface area contributed by atoms with Crippen molar-refractivity contribution in [2.45, 2.75) is 62.7 Å². The third-order valence-corrected chi connectivity index (χ3v) is 7.87. The summed E-state index contributed by atoms with van der Waals surface area (Å²) in [4.78, 5) is 17.2. The van der Waals surface area contributed by atoms with Gasteiger partial charge in [-0.05, 0) is 31.9 Å². The first-order chi connectivity index (χ1) is 16.6. The predicted octanol–water partition coefficient (Wildman–Crippen LogP) is 5.14. The number of carbonyl (C=O) groups excluding carboxylic acids is 1. The highest BCUT2D eigenvalue weighted by Crippen LogP contribution is 2.33. The van der Waals surface area contributed by atoms with Gasteiger partial charge in [-0.15, -0.1) is 21.5 Å². The maximum atomic E-state index is 12.9. The molecule has 1 atom stereocenters. The molecule has 4 rings (SSSR count). The molecule has 34 heavy (non-hydrogen) atoms. The van der Waals surface area contributed by atoms with E-state index in [-0.39, 0.29) is 11.5 Å². The highest BCUT2D eigenvalue weighted by Gasteiger charge is 2.27. The molecular weight excluding hydrogens is 468 g/mol. The second-order valence-corrected chi connectivity index (χ2v) is 10.1. The maximum Gasteiger partial charge on any atom is 0.191 e. The van der Waals surface area contributed by atoms with Crippen LogP contribution in [-0.2, 0) is 11.3 Å². The van der Waals surface area contributed by atoms with Crippen LogP contribution in [0.2, 0.25) is 0 Å².